The molecule has 2 heterocycles. The molecule has 0 aliphatic carbocycles. The molecule has 2 aliphatic rings. The maximum absolute atomic E-state index is 14.5. The molecule has 0 N–H and O–H groups in total. The predicted molar refractivity (Wildman–Crippen MR) is 169 cm³/mol. The highest BCUT2D eigenvalue weighted by molar-refractivity contribution is 6.04. The molecule has 2 fully saturated rings. The van der Waals surface area contributed by atoms with Gasteiger partial charge in [-0.05, 0) is 65.9 Å². The number of likely N-dealkylation sites (tertiary alicyclic amines) is 1. The van der Waals surface area contributed by atoms with E-state index < -0.39 is 12.2 Å². The zero-order valence-corrected chi connectivity index (χ0v) is 25.3. The van der Waals surface area contributed by atoms with Crippen molar-refractivity contribution in [1.82, 2.24) is 9.80 Å². The number of fused-ring (bicyclic) bond motifs is 2. The number of methoxy groups -OCH3 is 3. The minimum Gasteiger partial charge on any atom is -0.497 e. The number of rotatable bonds is 11. The van der Waals surface area contributed by atoms with Gasteiger partial charge in [0.25, 0.3) is 0 Å². The zero-order valence-electron chi connectivity index (χ0n) is 25.3. The first-order valence-electron chi connectivity index (χ1n) is 14.9. The van der Waals surface area contributed by atoms with E-state index in [0.29, 0.717) is 48.9 Å². The number of ether oxygens (including phenoxy) is 3. The fraction of sp³-hybridized carbons (Fsp3) is 0.278. The smallest absolute Gasteiger partial charge is 0.326 e. The Labute approximate surface area is 258 Å². The lowest BCUT2D eigenvalue weighted by Crippen LogP contribution is -2.62. The van der Waals surface area contributed by atoms with Crippen molar-refractivity contribution in [1.29, 1.82) is 0 Å². The van der Waals surface area contributed by atoms with E-state index in [1.54, 1.807) is 26.2 Å². The summed E-state index contributed by atoms with van der Waals surface area (Å²) in [4.78, 5) is 34.5. The van der Waals surface area contributed by atoms with Gasteiger partial charge in [-0.1, -0.05) is 66.7 Å². The second kappa shape index (κ2) is 12.7. The molecule has 4 aromatic carbocycles. The van der Waals surface area contributed by atoms with E-state index in [2.05, 4.69) is 12.1 Å². The molecule has 0 aromatic heterocycles. The number of benzene rings is 4. The normalized spacial score (nSPS) is 19.3. The Morgan fingerprint density at radius 2 is 1.32 bits per heavy atom. The van der Waals surface area contributed by atoms with Gasteiger partial charge < -0.3 is 24.0 Å². The van der Waals surface area contributed by atoms with Crippen molar-refractivity contribution in [2.75, 3.05) is 32.8 Å². The third kappa shape index (κ3) is 5.55. The summed E-state index contributed by atoms with van der Waals surface area (Å²) in [5, 5.41) is 0. The van der Waals surface area contributed by atoms with Crippen LogP contribution in [0.4, 0.5) is 10.5 Å². The maximum atomic E-state index is 14.5. The summed E-state index contributed by atoms with van der Waals surface area (Å²) < 4.78 is 16.3. The van der Waals surface area contributed by atoms with Crippen LogP contribution >= 0.6 is 0 Å². The highest BCUT2D eigenvalue weighted by atomic mass is 16.5. The van der Waals surface area contributed by atoms with Crippen LogP contribution < -0.4 is 19.1 Å². The summed E-state index contributed by atoms with van der Waals surface area (Å²) in [6.45, 7) is 0.838. The Balaban J connectivity index is 1.42. The van der Waals surface area contributed by atoms with E-state index in [9.17, 15) is 9.59 Å². The highest BCUT2D eigenvalue weighted by Crippen LogP contribution is 2.43. The highest BCUT2D eigenvalue weighted by Gasteiger charge is 2.59. The quantitative estimate of drug-likeness (QED) is 0.221. The third-order valence-corrected chi connectivity index (χ3v) is 8.64. The molecule has 6 rings (SSSR count). The molecule has 8 heteroatoms. The Hall–Kier alpha value is -4.98. The summed E-state index contributed by atoms with van der Waals surface area (Å²) in [7, 11) is 4.83. The van der Waals surface area contributed by atoms with Gasteiger partial charge in [0.05, 0.1) is 21.3 Å². The largest absolute Gasteiger partial charge is 0.497 e. The molecule has 2 saturated heterocycles. The van der Waals surface area contributed by atoms with Gasteiger partial charge in [-0.25, -0.2) is 4.79 Å². The minimum atomic E-state index is -0.637. The standard InChI is InChI=1S/C36H37N3O5/c1-42-29-17-15-28(16-18-29)39-33-30(22-25-10-6-4-7-11-25)34(38(35(33)40)24-27-12-8-5-9-13-27)37(36(39)41)21-20-26-14-19-31(43-2)32(23-26)44-3/h4-19,23,30,33-34H,20-22,24H2,1-3H3/t30-,33-,34-/m0/s1. The molecule has 0 unspecified atom stereocenters. The number of hydrogen-bond donors (Lipinski definition) is 0. The lowest BCUT2D eigenvalue weighted by Gasteiger charge is -2.45. The number of hydrogen-bond acceptors (Lipinski definition) is 5. The van der Waals surface area contributed by atoms with Crippen molar-refractivity contribution in [3.63, 3.8) is 0 Å². The SMILES string of the molecule is COc1ccc(N2C(=O)N(CCc3ccc(OC)c(OC)c3)[C@@H]3[C@@H](Cc4ccccc4)[C@H]2C(=O)N3Cc2ccccc2)cc1. The number of carbonyl (C=O) groups excluding carboxylic acids is 2. The minimum absolute atomic E-state index is 0.0439. The molecular formula is C36H37N3O5. The van der Waals surface area contributed by atoms with Gasteiger partial charge in [0.1, 0.15) is 18.0 Å². The van der Waals surface area contributed by atoms with Gasteiger partial charge in [0.2, 0.25) is 5.91 Å². The Morgan fingerprint density at radius 1 is 0.659 bits per heavy atom. The average Bonchev–Trinajstić information content (AvgIpc) is 3.27. The second-order valence-electron chi connectivity index (χ2n) is 11.1. The van der Waals surface area contributed by atoms with Crippen molar-refractivity contribution < 1.29 is 23.8 Å². The van der Waals surface area contributed by atoms with Crippen LogP contribution in [0.25, 0.3) is 0 Å². The monoisotopic (exact) mass is 591 g/mol. The Morgan fingerprint density at radius 3 is 1.95 bits per heavy atom. The van der Waals surface area contributed by atoms with Gasteiger partial charge in [-0.15, -0.1) is 0 Å². The Bertz CT molecular complexity index is 1600. The fourth-order valence-electron chi connectivity index (χ4n) is 6.53. The van der Waals surface area contributed by atoms with E-state index in [-0.39, 0.29) is 17.9 Å². The van der Waals surface area contributed by atoms with Gasteiger partial charge in [0.15, 0.2) is 11.5 Å². The summed E-state index contributed by atoms with van der Waals surface area (Å²) in [5.41, 5.74) is 3.83. The predicted octanol–water partition coefficient (Wildman–Crippen LogP) is 5.79. The van der Waals surface area contributed by atoms with E-state index in [1.807, 2.05) is 101 Å². The van der Waals surface area contributed by atoms with Crippen LogP contribution in [0.3, 0.4) is 0 Å². The van der Waals surface area contributed by atoms with Gasteiger partial charge >= 0.3 is 6.03 Å². The lowest BCUT2D eigenvalue weighted by molar-refractivity contribution is -0.131. The average molecular weight is 592 g/mol. The summed E-state index contributed by atoms with van der Waals surface area (Å²) in [5.74, 6) is 1.78. The van der Waals surface area contributed by atoms with Gasteiger partial charge in [-0.3, -0.25) is 9.69 Å². The summed E-state index contributed by atoms with van der Waals surface area (Å²) in [6, 6.07) is 32.6. The van der Waals surface area contributed by atoms with E-state index in [4.69, 9.17) is 14.2 Å². The third-order valence-electron chi connectivity index (χ3n) is 8.64. The first-order chi connectivity index (χ1) is 21.5. The number of urea groups is 1. The van der Waals surface area contributed by atoms with Crippen molar-refractivity contribution in [3.05, 3.63) is 120 Å². The fourth-order valence-corrected chi connectivity index (χ4v) is 6.53. The first-order valence-corrected chi connectivity index (χ1v) is 14.9. The van der Waals surface area contributed by atoms with Crippen molar-refractivity contribution in [2.45, 2.75) is 31.6 Å². The molecule has 3 amide bonds. The van der Waals surface area contributed by atoms with Crippen molar-refractivity contribution in [3.8, 4) is 17.2 Å². The zero-order chi connectivity index (χ0) is 30.6. The van der Waals surface area contributed by atoms with Gasteiger partial charge in [-0.2, -0.15) is 0 Å². The number of amides is 3. The second-order valence-corrected chi connectivity index (χ2v) is 11.1. The maximum Gasteiger partial charge on any atom is 0.326 e. The van der Waals surface area contributed by atoms with E-state index in [1.165, 1.54) is 0 Å². The van der Waals surface area contributed by atoms with Crippen LogP contribution in [0.15, 0.2) is 103 Å². The molecule has 2 aliphatic heterocycles. The molecule has 0 radical (unpaired) electrons. The molecule has 2 bridgehead atoms. The van der Waals surface area contributed by atoms with Crippen LogP contribution in [-0.2, 0) is 24.2 Å². The van der Waals surface area contributed by atoms with Crippen molar-refractivity contribution >= 4 is 17.6 Å². The van der Waals surface area contributed by atoms with Crippen molar-refractivity contribution in [2.24, 2.45) is 5.92 Å². The van der Waals surface area contributed by atoms with E-state index in [0.717, 1.165) is 16.7 Å². The van der Waals surface area contributed by atoms with Crippen LogP contribution in [0.2, 0.25) is 0 Å². The van der Waals surface area contributed by atoms with Crippen LogP contribution in [-0.4, -0.2) is 61.8 Å². The lowest BCUT2D eigenvalue weighted by atomic mass is 9.88. The first kappa shape index (κ1) is 29.1. The topological polar surface area (TPSA) is 71.5 Å². The van der Waals surface area contributed by atoms with Crippen LogP contribution in [0.5, 0.6) is 17.2 Å². The number of nitrogens with zero attached hydrogens (tertiary/aromatic N) is 3. The van der Waals surface area contributed by atoms with Gasteiger partial charge in [0, 0.05) is 24.7 Å². The number of carbonyl (C=O) groups is 2. The van der Waals surface area contributed by atoms with Crippen LogP contribution in [0.1, 0.15) is 16.7 Å². The molecule has 0 spiro atoms. The molecule has 8 nitrogen and oxygen atoms in total. The molecule has 0 saturated carbocycles. The molecule has 226 valence electrons. The molecule has 4 aromatic rings. The molecule has 44 heavy (non-hydrogen) atoms. The number of anilines is 1. The molecule has 3 atom stereocenters. The summed E-state index contributed by atoms with van der Waals surface area (Å²) in [6.07, 6.45) is 0.824. The van der Waals surface area contributed by atoms with E-state index >= 15 is 0 Å². The summed E-state index contributed by atoms with van der Waals surface area (Å²) >= 11 is 0. The molecular weight excluding hydrogens is 554 g/mol. The van der Waals surface area contributed by atoms with Crippen LogP contribution in [0, 0.1) is 5.92 Å². The Kier molecular flexibility index (Phi) is 8.41.